The van der Waals surface area contributed by atoms with Gasteiger partial charge in [-0.05, 0) is 23.1 Å². The van der Waals surface area contributed by atoms with E-state index in [0.717, 1.165) is 12.0 Å². The fraction of sp³-hybridized carbons (Fsp3) is 0.562. The first-order valence-corrected chi connectivity index (χ1v) is 9.02. The fourth-order valence-electron chi connectivity index (χ4n) is 2.53. The smallest absolute Gasteiger partial charge is 0.246 e. The number of nitrogens with zero attached hydrogens (tertiary/aromatic N) is 2. The van der Waals surface area contributed by atoms with Crippen LogP contribution in [0.2, 0.25) is 0 Å². The summed E-state index contributed by atoms with van der Waals surface area (Å²) in [6.45, 7) is 7.51. The van der Waals surface area contributed by atoms with Crippen LogP contribution in [0.15, 0.2) is 23.1 Å². The van der Waals surface area contributed by atoms with Crippen LogP contribution in [0.25, 0.3) is 0 Å². The molecule has 1 fully saturated rings. The molecule has 0 saturated carbocycles. The first-order valence-electron chi connectivity index (χ1n) is 7.58. The van der Waals surface area contributed by atoms with Crippen molar-refractivity contribution in [1.82, 2.24) is 9.21 Å². The van der Waals surface area contributed by atoms with E-state index in [2.05, 4.69) is 0 Å². The van der Waals surface area contributed by atoms with E-state index < -0.39 is 10.0 Å². The molecular weight excluding hydrogens is 316 g/mol. The second-order valence-electron chi connectivity index (χ2n) is 6.66. The quantitative estimate of drug-likeness (QED) is 0.778. The van der Waals surface area contributed by atoms with Gasteiger partial charge < -0.3 is 9.64 Å². The van der Waals surface area contributed by atoms with Crippen LogP contribution in [0.1, 0.15) is 26.3 Å². The molecule has 23 heavy (non-hydrogen) atoms. The van der Waals surface area contributed by atoms with Crippen LogP contribution in [0, 0.1) is 0 Å². The third-order valence-corrected chi connectivity index (χ3v) is 5.99. The van der Waals surface area contributed by atoms with Crippen LogP contribution >= 0.6 is 0 Å². The van der Waals surface area contributed by atoms with Crippen molar-refractivity contribution in [3.8, 4) is 5.75 Å². The van der Waals surface area contributed by atoms with E-state index in [1.807, 2.05) is 26.8 Å². The number of sulfonamides is 1. The van der Waals surface area contributed by atoms with E-state index in [4.69, 9.17) is 4.74 Å². The maximum atomic E-state index is 13.0. The molecule has 0 N–H and O–H groups in total. The average Bonchev–Trinajstić information content (AvgIpc) is 2.53. The maximum absolute atomic E-state index is 13.0. The predicted molar refractivity (Wildman–Crippen MR) is 88.1 cm³/mol. The van der Waals surface area contributed by atoms with Gasteiger partial charge in [-0.2, -0.15) is 4.31 Å². The molecule has 1 amide bonds. The van der Waals surface area contributed by atoms with Gasteiger partial charge in [0.25, 0.3) is 0 Å². The molecule has 1 aromatic rings. The number of amides is 1. The first kappa shape index (κ1) is 17.7. The Morgan fingerprint density at radius 3 is 2.22 bits per heavy atom. The lowest BCUT2D eigenvalue weighted by atomic mass is 9.87. The number of carbonyl (C=O) groups is 1. The number of benzene rings is 1. The lowest BCUT2D eigenvalue weighted by Gasteiger charge is -2.32. The number of hydrogen-bond donors (Lipinski definition) is 0. The molecule has 0 radical (unpaired) electrons. The largest absolute Gasteiger partial charge is 0.495 e. The van der Waals surface area contributed by atoms with Gasteiger partial charge in [0.05, 0.1) is 7.11 Å². The Morgan fingerprint density at radius 2 is 1.74 bits per heavy atom. The summed E-state index contributed by atoms with van der Waals surface area (Å²) in [5, 5.41) is 0. The summed E-state index contributed by atoms with van der Waals surface area (Å²) in [4.78, 5) is 12.5. The van der Waals surface area contributed by atoms with Crippen LogP contribution in [-0.4, -0.2) is 57.3 Å². The first-order chi connectivity index (χ1) is 10.7. The van der Waals surface area contributed by atoms with Crippen molar-refractivity contribution >= 4 is 16.4 Å². The molecule has 1 aliphatic heterocycles. The Kier molecular flexibility index (Phi) is 5.01. The van der Waals surface area contributed by atoms with Crippen molar-refractivity contribution in [3.05, 3.63) is 23.8 Å². The summed E-state index contributed by atoms with van der Waals surface area (Å²) in [5.41, 5.74) is 0.774. The number of methoxy groups -OCH3 is 1. The average molecular weight is 340 g/mol. The van der Waals surface area contributed by atoms with Gasteiger partial charge in [-0.25, -0.2) is 8.42 Å². The van der Waals surface area contributed by atoms with Gasteiger partial charge in [0.2, 0.25) is 16.4 Å². The molecule has 1 heterocycles. The minimum atomic E-state index is -3.65. The summed E-state index contributed by atoms with van der Waals surface area (Å²) in [7, 11) is -2.19. The Balaban J connectivity index is 2.40. The molecule has 0 aromatic heterocycles. The molecule has 2 rings (SSSR count). The van der Waals surface area contributed by atoms with Crippen molar-refractivity contribution in [2.75, 3.05) is 33.3 Å². The zero-order valence-corrected chi connectivity index (χ0v) is 14.9. The van der Waals surface area contributed by atoms with E-state index in [-0.39, 0.29) is 10.3 Å². The summed E-state index contributed by atoms with van der Waals surface area (Å²) >= 11 is 0. The molecule has 0 aliphatic carbocycles. The number of piperazine rings is 1. The molecule has 0 spiro atoms. The molecule has 0 bridgehead atoms. The van der Waals surface area contributed by atoms with Crippen molar-refractivity contribution in [2.24, 2.45) is 0 Å². The summed E-state index contributed by atoms with van der Waals surface area (Å²) < 4.78 is 32.6. The lowest BCUT2D eigenvalue weighted by molar-refractivity contribution is -0.119. The molecule has 128 valence electrons. The molecule has 7 heteroatoms. The van der Waals surface area contributed by atoms with E-state index in [1.54, 1.807) is 17.0 Å². The normalized spacial score (nSPS) is 17.1. The van der Waals surface area contributed by atoms with Crippen LogP contribution in [-0.2, 0) is 20.2 Å². The minimum Gasteiger partial charge on any atom is -0.495 e. The zero-order chi connectivity index (χ0) is 17.3. The van der Waals surface area contributed by atoms with Crippen LogP contribution in [0.5, 0.6) is 5.75 Å². The Hall–Kier alpha value is -1.60. The van der Waals surface area contributed by atoms with Gasteiger partial charge in [0, 0.05) is 26.2 Å². The molecule has 0 atom stereocenters. The predicted octanol–water partition coefficient (Wildman–Crippen LogP) is 1.46. The van der Waals surface area contributed by atoms with Gasteiger partial charge in [-0.15, -0.1) is 0 Å². The van der Waals surface area contributed by atoms with Gasteiger partial charge in [-0.3, -0.25) is 4.79 Å². The second kappa shape index (κ2) is 6.49. The number of ether oxygens (including phenoxy) is 1. The summed E-state index contributed by atoms with van der Waals surface area (Å²) in [6, 6.07) is 5.29. The third-order valence-electron chi connectivity index (χ3n) is 4.07. The topological polar surface area (TPSA) is 66.9 Å². The highest BCUT2D eigenvalue weighted by Gasteiger charge is 2.31. The Labute approximate surface area is 138 Å². The highest BCUT2D eigenvalue weighted by atomic mass is 32.2. The van der Waals surface area contributed by atoms with Crippen LogP contribution < -0.4 is 4.74 Å². The maximum Gasteiger partial charge on any atom is 0.246 e. The fourth-order valence-corrected chi connectivity index (χ4v) is 4.14. The van der Waals surface area contributed by atoms with E-state index in [1.165, 1.54) is 11.4 Å². The molecular formula is C16H24N2O4S. The van der Waals surface area contributed by atoms with Gasteiger partial charge in [-0.1, -0.05) is 26.8 Å². The van der Waals surface area contributed by atoms with Crippen molar-refractivity contribution in [2.45, 2.75) is 31.1 Å². The molecule has 1 saturated heterocycles. The van der Waals surface area contributed by atoms with Crippen molar-refractivity contribution in [3.63, 3.8) is 0 Å². The minimum absolute atomic E-state index is 0.160. The highest BCUT2D eigenvalue weighted by Crippen LogP contribution is 2.32. The van der Waals surface area contributed by atoms with Crippen molar-refractivity contribution < 1.29 is 17.9 Å². The zero-order valence-electron chi connectivity index (χ0n) is 14.1. The Morgan fingerprint density at radius 1 is 1.13 bits per heavy atom. The van der Waals surface area contributed by atoms with E-state index in [9.17, 15) is 13.2 Å². The number of hydrogen-bond acceptors (Lipinski definition) is 4. The monoisotopic (exact) mass is 340 g/mol. The highest BCUT2D eigenvalue weighted by molar-refractivity contribution is 7.89. The Bertz CT molecular complexity index is 672. The van der Waals surface area contributed by atoms with Crippen LogP contribution in [0.3, 0.4) is 0 Å². The molecule has 1 aliphatic rings. The van der Waals surface area contributed by atoms with Crippen LogP contribution in [0.4, 0.5) is 0 Å². The van der Waals surface area contributed by atoms with Gasteiger partial charge in [0.1, 0.15) is 10.6 Å². The standard InChI is InChI=1S/C16H24N2O4S/c1-16(2,3)13-5-6-14(22-4)15(11-13)23(20,21)18-9-7-17(12-19)8-10-18/h5-6,11-12H,7-10H2,1-4H3. The van der Waals surface area contributed by atoms with E-state index >= 15 is 0 Å². The lowest BCUT2D eigenvalue weighted by Crippen LogP contribution is -2.48. The molecule has 6 nitrogen and oxygen atoms in total. The van der Waals surface area contributed by atoms with Gasteiger partial charge in [0.15, 0.2) is 0 Å². The summed E-state index contributed by atoms with van der Waals surface area (Å²) in [5.74, 6) is 0.343. The molecule has 1 aromatic carbocycles. The summed E-state index contributed by atoms with van der Waals surface area (Å²) in [6.07, 6.45) is 0.755. The number of rotatable bonds is 4. The van der Waals surface area contributed by atoms with E-state index in [0.29, 0.717) is 31.9 Å². The molecule has 0 unspecified atom stereocenters. The SMILES string of the molecule is COc1ccc(C(C)(C)C)cc1S(=O)(=O)N1CCN(C=O)CC1. The van der Waals surface area contributed by atoms with Gasteiger partial charge >= 0.3 is 0 Å². The number of carbonyl (C=O) groups excluding carboxylic acids is 1. The third kappa shape index (κ3) is 3.67. The second-order valence-corrected chi connectivity index (χ2v) is 8.57. The van der Waals surface area contributed by atoms with Crippen molar-refractivity contribution in [1.29, 1.82) is 0 Å².